The molecule has 3 aromatic carbocycles. The highest BCUT2D eigenvalue weighted by Crippen LogP contribution is 2.31. The van der Waals surface area contributed by atoms with Crippen molar-refractivity contribution < 1.29 is 9.53 Å². The number of ketones is 1. The monoisotopic (exact) mass is 262 g/mol. The first-order chi connectivity index (χ1) is 9.81. The van der Waals surface area contributed by atoms with Gasteiger partial charge in [-0.05, 0) is 11.5 Å². The maximum absolute atomic E-state index is 12.6. The largest absolute Gasteiger partial charge is 0.495 e. The number of hydrogen-bond donors (Lipinski definition) is 0. The predicted octanol–water partition coefficient (Wildman–Crippen LogP) is 4.08. The van der Waals surface area contributed by atoms with E-state index < -0.39 is 0 Å². The zero-order valence-electron chi connectivity index (χ0n) is 11.2. The molecule has 0 saturated carbocycles. The van der Waals surface area contributed by atoms with Crippen LogP contribution in [0, 0.1) is 0 Å². The van der Waals surface area contributed by atoms with Gasteiger partial charge in [-0.15, -0.1) is 0 Å². The predicted molar refractivity (Wildman–Crippen MR) is 80.4 cm³/mol. The molecule has 2 heteroatoms. The lowest BCUT2D eigenvalue weighted by atomic mass is 9.98. The molecule has 3 rings (SSSR count). The highest BCUT2D eigenvalue weighted by Gasteiger charge is 2.16. The van der Waals surface area contributed by atoms with Crippen LogP contribution in [0.1, 0.15) is 15.9 Å². The molecule has 98 valence electrons. The van der Waals surface area contributed by atoms with Crippen LogP contribution >= 0.6 is 0 Å². The van der Waals surface area contributed by atoms with Gasteiger partial charge in [0.05, 0.1) is 12.7 Å². The molecule has 0 bridgehead atoms. The third-order valence-electron chi connectivity index (χ3n) is 3.36. The first kappa shape index (κ1) is 12.4. The normalized spacial score (nSPS) is 10.4. The highest BCUT2D eigenvalue weighted by atomic mass is 16.5. The molecule has 0 aliphatic carbocycles. The topological polar surface area (TPSA) is 26.3 Å². The molecule has 0 aliphatic heterocycles. The summed E-state index contributed by atoms with van der Waals surface area (Å²) in [4.78, 5) is 12.6. The van der Waals surface area contributed by atoms with Crippen molar-refractivity contribution >= 4 is 16.6 Å². The quantitative estimate of drug-likeness (QED) is 0.665. The Bertz CT molecular complexity index is 761. The van der Waals surface area contributed by atoms with Gasteiger partial charge in [0.1, 0.15) is 5.75 Å². The lowest BCUT2D eigenvalue weighted by molar-refractivity contribution is 0.103. The van der Waals surface area contributed by atoms with Crippen LogP contribution in [0.2, 0.25) is 0 Å². The average molecular weight is 262 g/mol. The Morgan fingerprint density at radius 3 is 2.30 bits per heavy atom. The van der Waals surface area contributed by atoms with E-state index in [1.807, 2.05) is 66.7 Å². The molecule has 0 N–H and O–H groups in total. The molecular weight excluding hydrogens is 248 g/mol. The standard InChI is InChI=1S/C18H14O2/c1-20-18-15-10-6-5-7-13(15)11-12-16(18)17(19)14-8-3-2-4-9-14/h2-12H,1H3. The van der Waals surface area contributed by atoms with Crippen molar-refractivity contribution in [2.24, 2.45) is 0 Å². The maximum Gasteiger partial charge on any atom is 0.196 e. The molecule has 2 nitrogen and oxygen atoms in total. The Kier molecular flexibility index (Phi) is 3.21. The fourth-order valence-corrected chi connectivity index (χ4v) is 2.39. The van der Waals surface area contributed by atoms with E-state index >= 15 is 0 Å². The van der Waals surface area contributed by atoms with Gasteiger partial charge in [0, 0.05) is 10.9 Å². The Balaban J connectivity index is 2.19. The summed E-state index contributed by atoms with van der Waals surface area (Å²) < 4.78 is 5.48. The van der Waals surface area contributed by atoms with E-state index in [9.17, 15) is 4.79 Å². The first-order valence-electron chi connectivity index (χ1n) is 6.47. The van der Waals surface area contributed by atoms with Crippen LogP contribution < -0.4 is 4.74 Å². The van der Waals surface area contributed by atoms with Gasteiger partial charge >= 0.3 is 0 Å². The van der Waals surface area contributed by atoms with Crippen molar-refractivity contribution in [1.82, 2.24) is 0 Å². The van der Waals surface area contributed by atoms with Crippen LogP contribution in [-0.4, -0.2) is 12.9 Å². The number of carbonyl (C=O) groups is 1. The van der Waals surface area contributed by atoms with Crippen LogP contribution in [-0.2, 0) is 0 Å². The number of carbonyl (C=O) groups excluding carboxylic acids is 1. The van der Waals surface area contributed by atoms with Gasteiger partial charge in [-0.25, -0.2) is 0 Å². The molecule has 20 heavy (non-hydrogen) atoms. The fraction of sp³-hybridized carbons (Fsp3) is 0.0556. The van der Waals surface area contributed by atoms with E-state index in [-0.39, 0.29) is 5.78 Å². The van der Waals surface area contributed by atoms with E-state index in [2.05, 4.69) is 0 Å². The summed E-state index contributed by atoms with van der Waals surface area (Å²) in [5, 5.41) is 2.02. The Hall–Kier alpha value is -2.61. The minimum absolute atomic E-state index is 0.0202. The summed E-state index contributed by atoms with van der Waals surface area (Å²) in [6.45, 7) is 0. The number of methoxy groups -OCH3 is 1. The van der Waals surface area contributed by atoms with Crippen molar-refractivity contribution in [3.63, 3.8) is 0 Å². The zero-order chi connectivity index (χ0) is 13.9. The fourth-order valence-electron chi connectivity index (χ4n) is 2.39. The molecule has 0 fully saturated rings. The SMILES string of the molecule is COc1c(C(=O)c2ccccc2)ccc2ccccc12. The van der Waals surface area contributed by atoms with Crippen LogP contribution in [0.5, 0.6) is 5.75 Å². The molecule has 0 radical (unpaired) electrons. The van der Waals surface area contributed by atoms with Gasteiger partial charge in [-0.2, -0.15) is 0 Å². The molecule has 0 unspecified atom stereocenters. The van der Waals surface area contributed by atoms with E-state index in [1.54, 1.807) is 7.11 Å². The average Bonchev–Trinajstić information content (AvgIpc) is 2.54. The van der Waals surface area contributed by atoms with Crippen LogP contribution in [0.15, 0.2) is 66.7 Å². The number of ether oxygens (including phenoxy) is 1. The molecule has 0 aromatic heterocycles. The van der Waals surface area contributed by atoms with Gasteiger partial charge in [-0.3, -0.25) is 4.79 Å². The van der Waals surface area contributed by atoms with Gasteiger partial charge in [0.15, 0.2) is 5.78 Å². The van der Waals surface area contributed by atoms with Gasteiger partial charge in [0.2, 0.25) is 0 Å². The van der Waals surface area contributed by atoms with Crippen molar-refractivity contribution in [2.75, 3.05) is 7.11 Å². The third kappa shape index (κ3) is 2.05. The minimum atomic E-state index is -0.0202. The minimum Gasteiger partial charge on any atom is -0.495 e. The van der Waals surface area contributed by atoms with E-state index in [0.717, 1.165) is 10.8 Å². The highest BCUT2D eigenvalue weighted by molar-refractivity contribution is 6.13. The van der Waals surface area contributed by atoms with Crippen LogP contribution in [0.25, 0.3) is 10.8 Å². The first-order valence-corrected chi connectivity index (χ1v) is 6.47. The number of benzene rings is 3. The second kappa shape index (κ2) is 5.17. The summed E-state index contributed by atoms with van der Waals surface area (Å²) in [7, 11) is 1.60. The Labute approximate surface area is 117 Å². The third-order valence-corrected chi connectivity index (χ3v) is 3.36. The number of rotatable bonds is 3. The summed E-state index contributed by atoms with van der Waals surface area (Å²) in [6.07, 6.45) is 0. The summed E-state index contributed by atoms with van der Waals surface area (Å²) >= 11 is 0. The van der Waals surface area contributed by atoms with Crippen molar-refractivity contribution in [3.8, 4) is 5.75 Å². The molecule has 3 aromatic rings. The molecule has 0 aliphatic rings. The summed E-state index contributed by atoms with van der Waals surface area (Å²) in [5.41, 5.74) is 1.26. The summed E-state index contributed by atoms with van der Waals surface area (Å²) in [6, 6.07) is 20.9. The maximum atomic E-state index is 12.6. The van der Waals surface area contributed by atoms with Gasteiger partial charge in [0.25, 0.3) is 0 Å². The Morgan fingerprint density at radius 1 is 0.850 bits per heavy atom. The lowest BCUT2D eigenvalue weighted by Gasteiger charge is -2.11. The second-order valence-electron chi connectivity index (χ2n) is 4.56. The summed E-state index contributed by atoms with van der Waals surface area (Å²) in [5.74, 6) is 0.616. The van der Waals surface area contributed by atoms with E-state index in [4.69, 9.17) is 4.74 Å². The zero-order valence-corrected chi connectivity index (χ0v) is 11.2. The number of hydrogen-bond acceptors (Lipinski definition) is 2. The van der Waals surface area contributed by atoms with Crippen molar-refractivity contribution in [2.45, 2.75) is 0 Å². The van der Waals surface area contributed by atoms with Crippen molar-refractivity contribution in [3.05, 3.63) is 77.9 Å². The molecule has 0 saturated heterocycles. The van der Waals surface area contributed by atoms with Crippen molar-refractivity contribution in [1.29, 1.82) is 0 Å². The van der Waals surface area contributed by atoms with Crippen LogP contribution in [0.4, 0.5) is 0 Å². The molecule has 0 heterocycles. The smallest absolute Gasteiger partial charge is 0.196 e. The molecule has 0 spiro atoms. The van der Waals surface area contributed by atoms with E-state index in [0.29, 0.717) is 16.9 Å². The molecular formula is C18H14O2. The molecule has 0 atom stereocenters. The van der Waals surface area contributed by atoms with Gasteiger partial charge in [-0.1, -0.05) is 60.7 Å². The van der Waals surface area contributed by atoms with Gasteiger partial charge < -0.3 is 4.74 Å². The van der Waals surface area contributed by atoms with E-state index in [1.165, 1.54) is 0 Å². The number of fused-ring (bicyclic) bond motifs is 1. The lowest BCUT2D eigenvalue weighted by Crippen LogP contribution is -2.04. The second-order valence-corrected chi connectivity index (χ2v) is 4.56. The van der Waals surface area contributed by atoms with Crippen LogP contribution in [0.3, 0.4) is 0 Å². The Morgan fingerprint density at radius 2 is 1.55 bits per heavy atom. The molecule has 0 amide bonds.